The Labute approximate surface area is 282 Å². The minimum atomic E-state index is -2.53. The Kier molecular flexibility index (Phi) is 8.87. The number of alkyl halides is 2. The monoisotopic (exact) mass is 689 g/mol. The van der Waals surface area contributed by atoms with E-state index in [9.17, 15) is 28.3 Å². The smallest absolute Gasteiger partial charge is 0.410 e. The molecule has 2 amide bonds. The number of morpholine rings is 1. The number of halogens is 3. The van der Waals surface area contributed by atoms with Crippen molar-refractivity contribution in [1.29, 1.82) is 0 Å². The van der Waals surface area contributed by atoms with Crippen molar-refractivity contribution in [3.8, 4) is 5.69 Å². The molecule has 1 N–H and O–H groups in total. The fourth-order valence-electron chi connectivity index (χ4n) is 6.86. The highest BCUT2D eigenvalue weighted by Crippen LogP contribution is 2.56. The Morgan fingerprint density at radius 3 is 2.46 bits per heavy atom. The fraction of sp³-hybridized carbons (Fsp3) is 0.588. The number of carbonyl (C=O) groups is 2. The number of aromatic nitrogens is 3. The van der Waals surface area contributed by atoms with Crippen molar-refractivity contribution in [2.75, 3.05) is 26.2 Å². The third-order valence-electron chi connectivity index (χ3n) is 9.81. The van der Waals surface area contributed by atoms with Gasteiger partial charge in [-0.3, -0.25) is 23.6 Å². The first-order valence-electron chi connectivity index (χ1n) is 16.3. The van der Waals surface area contributed by atoms with Gasteiger partial charge in [0.25, 0.3) is 5.56 Å². The molecule has 1 saturated carbocycles. The van der Waals surface area contributed by atoms with E-state index in [-0.39, 0.29) is 73.0 Å². The molecule has 4 heterocycles. The average molecular weight is 690 g/mol. The van der Waals surface area contributed by atoms with Crippen LogP contribution in [0.2, 0.25) is 5.15 Å². The maximum Gasteiger partial charge on any atom is 0.410 e. The molecule has 4 atom stereocenters. The Balaban J connectivity index is 1.17. The van der Waals surface area contributed by atoms with Crippen LogP contribution in [0.5, 0.6) is 0 Å². The normalized spacial score (nSPS) is 25.8. The molecule has 0 spiro atoms. The molecule has 14 heteroatoms. The standard InChI is InChI=1S/C34H42ClF2N5O6/c1-20-16-41(31(45)48-32(2,3)4)25(17-47-20)21-6-8-22(9-7-21)42-26(35)14-23-28(42)38-19-40(29(23)43)18-34(46)10-12-39(13-11-34)30(44)33(5)15-24(33)27(36)37/h6-9,14,19-20,24-25,27,46H,10-13,15-18H2,1-5H3/t20-,24+,25-,33-/m0/s1. The molecule has 3 fully saturated rings. The number of carbonyl (C=O) groups excluding carboxylic acids is 2. The molecule has 6 rings (SSSR count). The summed E-state index contributed by atoms with van der Waals surface area (Å²) < 4.78 is 40.9. The maximum atomic E-state index is 13.6. The van der Waals surface area contributed by atoms with Crippen molar-refractivity contribution in [2.45, 2.75) is 90.2 Å². The lowest BCUT2D eigenvalue weighted by atomic mass is 9.90. The van der Waals surface area contributed by atoms with Gasteiger partial charge in [-0.15, -0.1) is 0 Å². The zero-order valence-corrected chi connectivity index (χ0v) is 28.5. The number of amides is 2. The lowest BCUT2D eigenvalue weighted by molar-refractivity contribution is -0.142. The summed E-state index contributed by atoms with van der Waals surface area (Å²) in [7, 11) is 0. The number of aliphatic hydroxyl groups is 1. The van der Waals surface area contributed by atoms with E-state index in [4.69, 9.17) is 21.1 Å². The molecule has 2 aromatic heterocycles. The Bertz CT molecular complexity index is 1760. The summed E-state index contributed by atoms with van der Waals surface area (Å²) in [5, 5.41) is 11.9. The van der Waals surface area contributed by atoms with Crippen molar-refractivity contribution >= 4 is 34.6 Å². The summed E-state index contributed by atoms with van der Waals surface area (Å²) in [5.41, 5.74) is -1.50. The second-order valence-corrected chi connectivity index (χ2v) is 15.1. The predicted molar refractivity (Wildman–Crippen MR) is 174 cm³/mol. The van der Waals surface area contributed by atoms with Crippen molar-refractivity contribution in [1.82, 2.24) is 23.9 Å². The average Bonchev–Trinajstić information content (AvgIpc) is 3.61. The van der Waals surface area contributed by atoms with Crippen LogP contribution in [-0.2, 0) is 20.8 Å². The van der Waals surface area contributed by atoms with Crippen molar-refractivity contribution in [3.63, 3.8) is 0 Å². The molecular weight excluding hydrogens is 648 g/mol. The van der Waals surface area contributed by atoms with E-state index in [0.29, 0.717) is 24.5 Å². The number of hydrogen-bond donors (Lipinski definition) is 1. The van der Waals surface area contributed by atoms with Gasteiger partial charge in [0.15, 0.2) is 5.65 Å². The van der Waals surface area contributed by atoms with Crippen LogP contribution < -0.4 is 5.56 Å². The molecule has 0 bridgehead atoms. The van der Waals surface area contributed by atoms with Crippen LogP contribution in [0, 0.1) is 11.3 Å². The Morgan fingerprint density at radius 1 is 1.19 bits per heavy atom. The molecule has 1 aromatic carbocycles. The van der Waals surface area contributed by atoms with E-state index >= 15 is 0 Å². The number of likely N-dealkylation sites (tertiary alicyclic amines) is 1. The largest absolute Gasteiger partial charge is 0.444 e. The fourth-order valence-corrected chi connectivity index (χ4v) is 7.15. The van der Waals surface area contributed by atoms with Crippen LogP contribution >= 0.6 is 11.6 Å². The summed E-state index contributed by atoms with van der Waals surface area (Å²) in [5.74, 6) is -1.23. The van der Waals surface area contributed by atoms with Gasteiger partial charge in [-0.2, -0.15) is 0 Å². The Hall–Kier alpha value is -3.55. The van der Waals surface area contributed by atoms with Crippen LogP contribution in [0.15, 0.2) is 41.5 Å². The first kappa shape index (κ1) is 34.3. The van der Waals surface area contributed by atoms with Crippen LogP contribution in [0.1, 0.15) is 65.5 Å². The molecule has 1 aliphatic carbocycles. The molecule has 260 valence electrons. The number of ether oxygens (including phenoxy) is 2. The zero-order valence-electron chi connectivity index (χ0n) is 27.8. The van der Waals surface area contributed by atoms with E-state index in [1.54, 1.807) is 21.3 Å². The minimum Gasteiger partial charge on any atom is -0.444 e. The lowest BCUT2D eigenvalue weighted by Gasteiger charge is -2.39. The van der Waals surface area contributed by atoms with Gasteiger partial charge in [0.05, 0.1) is 48.2 Å². The number of rotatable bonds is 6. The number of hydrogen-bond acceptors (Lipinski definition) is 7. The second-order valence-electron chi connectivity index (χ2n) is 14.7. The molecular formula is C34H42ClF2N5O6. The first-order valence-corrected chi connectivity index (χ1v) is 16.7. The summed E-state index contributed by atoms with van der Waals surface area (Å²) in [6.07, 6.45) is -1.14. The number of benzene rings is 1. The van der Waals surface area contributed by atoms with Gasteiger partial charge >= 0.3 is 6.09 Å². The molecule has 11 nitrogen and oxygen atoms in total. The van der Waals surface area contributed by atoms with Gasteiger partial charge in [-0.05, 0) is 70.7 Å². The minimum absolute atomic E-state index is 0.0402. The van der Waals surface area contributed by atoms with Gasteiger partial charge in [-0.1, -0.05) is 30.7 Å². The quantitative estimate of drug-likeness (QED) is 0.379. The molecule has 0 radical (unpaired) electrons. The predicted octanol–water partition coefficient (Wildman–Crippen LogP) is 5.18. The van der Waals surface area contributed by atoms with Gasteiger partial charge < -0.3 is 19.5 Å². The maximum absolute atomic E-state index is 13.6. The van der Waals surface area contributed by atoms with E-state index < -0.39 is 35.1 Å². The second kappa shape index (κ2) is 12.4. The topological polar surface area (TPSA) is 119 Å². The summed E-state index contributed by atoms with van der Waals surface area (Å²) in [4.78, 5) is 47.3. The van der Waals surface area contributed by atoms with Gasteiger partial charge in [0.2, 0.25) is 12.3 Å². The summed E-state index contributed by atoms with van der Waals surface area (Å²) in [6.45, 7) is 10.0. The molecule has 2 aliphatic heterocycles. The highest BCUT2D eigenvalue weighted by molar-refractivity contribution is 6.31. The van der Waals surface area contributed by atoms with Gasteiger partial charge in [0, 0.05) is 24.7 Å². The third-order valence-corrected chi connectivity index (χ3v) is 10.1. The van der Waals surface area contributed by atoms with E-state index in [2.05, 4.69) is 4.98 Å². The molecule has 3 aliphatic rings. The number of piperidine rings is 1. The molecule has 2 saturated heterocycles. The summed E-state index contributed by atoms with van der Waals surface area (Å²) in [6, 6.07) is 8.62. The molecule has 48 heavy (non-hydrogen) atoms. The lowest BCUT2D eigenvalue weighted by Crippen LogP contribution is -2.51. The van der Waals surface area contributed by atoms with E-state index in [1.165, 1.54) is 17.0 Å². The van der Waals surface area contributed by atoms with Crippen LogP contribution in [0.4, 0.5) is 13.6 Å². The van der Waals surface area contributed by atoms with Gasteiger partial charge in [-0.25, -0.2) is 18.6 Å². The molecule has 3 aromatic rings. The molecule has 0 unspecified atom stereocenters. The van der Waals surface area contributed by atoms with Crippen LogP contribution in [0.3, 0.4) is 0 Å². The van der Waals surface area contributed by atoms with Crippen LogP contribution in [0.25, 0.3) is 16.7 Å². The van der Waals surface area contributed by atoms with Gasteiger partial charge in [0.1, 0.15) is 17.1 Å². The number of nitrogens with zero attached hydrogens (tertiary/aromatic N) is 5. The highest BCUT2D eigenvalue weighted by atomic mass is 35.5. The highest BCUT2D eigenvalue weighted by Gasteiger charge is 2.61. The zero-order chi connectivity index (χ0) is 34.8. The SMILES string of the molecule is C[C@H]1CN(C(=O)OC(C)(C)C)[C@H](c2ccc(-n3c(Cl)cc4c(=O)n(CC5(O)CCN(C(=O)[C@@]6(C)C[C@@H]6C(F)F)CC5)cnc43)cc2)CO1. The van der Waals surface area contributed by atoms with E-state index in [1.807, 2.05) is 52.0 Å². The first-order chi connectivity index (χ1) is 22.5. The van der Waals surface area contributed by atoms with Crippen molar-refractivity contribution in [2.24, 2.45) is 11.3 Å². The van der Waals surface area contributed by atoms with E-state index in [0.717, 1.165) is 5.56 Å². The van der Waals surface area contributed by atoms with Crippen molar-refractivity contribution < 1.29 is 33.0 Å². The Morgan fingerprint density at radius 2 is 1.85 bits per heavy atom. The van der Waals surface area contributed by atoms with Crippen LogP contribution in [-0.4, -0.2) is 91.0 Å². The third kappa shape index (κ3) is 6.56. The van der Waals surface area contributed by atoms with Crippen molar-refractivity contribution in [3.05, 3.63) is 57.7 Å². The number of fused-ring (bicyclic) bond motifs is 1. The summed E-state index contributed by atoms with van der Waals surface area (Å²) >= 11 is 6.65.